The lowest BCUT2D eigenvalue weighted by Crippen LogP contribution is -2.36. The van der Waals surface area contributed by atoms with Gasteiger partial charge in [-0.2, -0.15) is 0 Å². The molecular weight excluding hydrogens is 508 g/mol. The number of carbonyl (C=O) groups is 1. The van der Waals surface area contributed by atoms with Crippen LogP contribution >= 0.6 is 11.3 Å². The lowest BCUT2D eigenvalue weighted by molar-refractivity contribution is 0.0985. The van der Waals surface area contributed by atoms with Crippen LogP contribution in [0.15, 0.2) is 71.6 Å². The zero-order chi connectivity index (χ0) is 26.2. The average molecular weight is 537 g/mol. The van der Waals surface area contributed by atoms with Crippen molar-refractivity contribution in [3.63, 3.8) is 0 Å². The van der Waals surface area contributed by atoms with Crippen molar-refractivity contribution in [3.8, 4) is 5.75 Å². The third-order valence-electron chi connectivity index (χ3n) is 6.36. The van der Waals surface area contributed by atoms with Crippen molar-refractivity contribution in [3.05, 3.63) is 77.9 Å². The van der Waals surface area contributed by atoms with Gasteiger partial charge in [-0.15, -0.1) is 0 Å². The van der Waals surface area contributed by atoms with E-state index >= 15 is 0 Å². The van der Waals surface area contributed by atoms with Gasteiger partial charge in [0.05, 0.1) is 27.9 Å². The monoisotopic (exact) mass is 536 g/mol. The molecule has 0 saturated carbocycles. The summed E-state index contributed by atoms with van der Waals surface area (Å²) in [6, 6.07) is 19.3. The Hall–Kier alpha value is -3.47. The Bertz CT molecular complexity index is 1550. The number of anilines is 2. The fourth-order valence-electron chi connectivity index (χ4n) is 4.33. The van der Waals surface area contributed by atoms with Gasteiger partial charge in [0.2, 0.25) is 0 Å². The second kappa shape index (κ2) is 10.1. The van der Waals surface area contributed by atoms with Crippen molar-refractivity contribution in [2.24, 2.45) is 0 Å². The number of nitrogens with zero attached hydrogens (tertiary/aromatic N) is 4. The van der Waals surface area contributed by atoms with Crippen LogP contribution in [0.2, 0.25) is 0 Å². The number of hydrogen-bond donors (Lipinski definition) is 0. The number of thiazole rings is 1. The maximum Gasteiger partial charge on any atom is 0.264 e. The largest absolute Gasteiger partial charge is 0.497 e. The van der Waals surface area contributed by atoms with Crippen LogP contribution in [0.5, 0.6) is 5.75 Å². The first-order chi connectivity index (χ1) is 17.8. The van der Waals surface area contributed by atoms with Gasteiger partial charge in [0.15, 0.2) is 5.13 Å². The summed E-state index contributed by atoms with van der Waals surface area (Å²) in [4.78, 5) is 22.1. The van der Waals surface area contributed by atoms with Crippen molar-refractivity contribution < 1.29 is 17.9 Å². The number of sulfonamides is 1. The number of ether oxygens (including phenoxy) is 1. The SMILES string of the molecule is COc1ccc2nc(N(CCN(C)C)C(=O)c3ccc(S(=O)(=O)N4CCc5ccccc54)cc3)sc2c1. The van der Waals surface area contributed by atoms with E-state index in [0.717, 1.165) is 21.5 Å². The number of aromatic nitrogens is 1. The molecule has 0 unspecified atom stereocenters. The van der Waals surface area contributed by atoms with Gasteiger partial charge in [-0.05, 0) is 74.6 Å². The van der Waals surface area contributed by atoms with Crippen molar-refractivity contribution in [1.82, 2.24) is 9.88 Å². The van der Waals surface area contributed by atoms with Gasteiger partial charge in [0, 0.05) is 25.2 Å². The van der Waals surface area contributed by atoms with Crippen LogP contribution in [-0.4, -0.2) is 65.0 Å². The molecule has 0 spiro atoms. The highest BCUT2D eigenvalue weighted by Crippen LogP contribution is 2.34. The topological polar surface area (TPSA) is 83.0 Å². The van der Waals surface area contributed by atoms with Gasteiger partial charge in [-0.1, -0.05) is 29.5 Å². The van der Waals surface area contributed by atoms with Crippen LogP contribution in [0.4, 0.5) is 10.8 Å². The number of para-hydroxylation sites is 1. The van der Waals surface area contributed by atoms with Crippen LogP contribution in [0.25, 0.3) is 10.2 Å². The zero-order valence-corrected chi connectivity index (χ0v) is 22.6. The van der Waals surface area contributed by atoms with Crippen LogP contribution in [0.1, 0.15) is 15.9 Å². The number of hydrogen-bond acceptors (Lipinski definition) is 7. The van der Waals surface area contributed by atoms with Gasteiger partial charge in [0.1, 0.15) is 5.75 Å². The molecule has 0 saturated heterocycles. The lowest BCUT2D eigenvalue weighted by Gasteiger charge is -2.22. The summed E-state index contributed by atoms with van der Waals surface area (Å²) in [5, 5.41) is 0.584. The molecule has 37 heavy (non-hydrogen) atoms. The van der Waals surface area contributed by atoms with E-state index in [0.29, 0.717) is 42.4 Å². The van der Waals surface area contributed by atoms with Gasteiger partial charge in [-0.25, -0.2) is 13.4 Å². The molecule has 1 aliphatic heterocycles. The quantitative estimate of drug-likeness (QED) is 0.335. The summed E-state index contributed by atoms with van der Waals surface area (Å²) >= 11 is 1.42. The second-order valence-electron chi connectivity index (χ2n) is 9.07. The number of likely N-dealkylation sites (N-methyl/N-ethyl adjacent to an activating group) is 1. The van der Waals surface area contributed by atoms with E-state index in [2.05, 4.69) is 0 Å². The molecule has 192 valence electrons. The third kappa shape index (κ3) is 4.92. The first-order valence-electron chi connectivity index (χ1n) is 11.9. The van der Waals surface area contributed by atoms with Crippen molar-refractivity contribution in [2.75, 3.05) is 50.0 Å². The van der Waals surface area contributed by atoms with Crippen molar-refractivity contribution >= 4 is 48.3 Å². The molecule has 4 aromatic rings. The summed E-state index contributed by atoms with van der Waals surface area (Å²) in [5.41, 5.74) is 2.92. The van der Waals surface area contributed by atoms with Crippen LogP contribution in [0.3, 0.4) is 0 Å². The Morgan fingerprint density at radius 3 is 2.54 bits per heavy atom. The number of benzene rings is 3. The molecule has 0 N–H and O–H groups in total. The van der Waals surface area contributed by atoms with E-state index < -0.39 is 10.0 Å². The van der Waals surface area contributed by atoms with Crippen LogP contribution in [-0.2, 0) is 16.4 Å². The minimum atomic E-state index is -3.73. The van der Waals surface area contributed by atoms with E-state index in [-0.39, 0.29) is 10.8 Å². The highest BCUT2D eigenvalue weighted by molar-refractivity contribution is 7.92. The molecular formula is C27H28N4O4S2. The van der Waals surface area contributed by atoms with Gasteiger partial charge < -0.3 is 9.64 Å². The van der Waals surface area contributed by atoms with Crippen LogP contribution < -0.4 is 13.9 Å². The fraction of sp³-hybridized carbons (Fsp3) is 0.259. The second-order valence-corrected chi connectivity index (χ2v) is 11.9. The van der Waals surface area contributed by atoms with Gasteiger partial charge in [-0.3, -0.25) is 14.0 Å². The van der Waals surface area contributed by atoms with Crippen molar-refractivity contribution in [1.29, 1.82) is 0 Å². The predicted octanol–water partition coefficient (Wildman–Crippen LogP) is 4.26. The molecule has 3 aromatic carbocycles. The Balaban J connectivity index is 1.43. The number of carbonyl (C=O) groups excluding carboxylic acids is 1. The molecule has 5 rings (SSSR count). The maximum atomic E-state index is 13.6. The number of methoxy groups -OCH3 is 1. The lowest BCUT2D eigenvalue weighted by atomic mass is 10.2. The first-order valence-corrected chi connectivity index (χ1v) is 14.2. The summed E-state index contributed by atoms with van der Waals surface area (Å²) in [5.74, 6) is 0.495. The number of rotatable bonds is 8. The Kier molecular flexibility index (Phi) is 6.89. The van der Waals surface area contributed by atoms with Gasteiger partial charge >= 0.3 is 0 Å². The zero-order valence-electron chi connectivity index (χ0n) is 20.9. The molecule has 1 aliphatic rings. The highest BCUT2D eigenvalue weighted by atomic mass is 32.2. The maximum absolute atomic E-state index is 13.6. The standard InChI is InChI=1S/C27H28N4O4S2/c1-29(2)16-17-30(27-28-23-13-10-21(35-3)18-25(23)36-27)26(32)20-8-11-22(12-9-20)37(33,34)31-15-14-19-6-4-5-7-24(19)31/h4-13,18H,14-17H2,1-3H3. The molecule has 0 radical (unpaired) electrons. The Morgan fingerprint density at radius 1 is 1.05 bits per heavy atom. The Labute approximate surface area is 220 Å². The molecule has 8 nitrogen and oxygen atoms in total. The van der Waals surface area contributed by atoms with Gasteiger partial charge in [0.25, 0.3) is 15.9 Å². The highest BCUT2D eigenvalue weighted by Gasteiger charge is 2.31. The molecule has 0 aliphatic carbocycles. The van der Waals surface area contributed by atoms with E-state index in [1.807, 2.05) is 61.5 Å². The molecule has 10 heteroatoms. The fourth-order valence-corrected chi connectivity index (χ4v) is 6.85. The molecule has 0 fully saturated rings. The molecule has 0 bridgehead atoms. The van der Waals surface area contributed by atoms with E-state index in [4.69, 9.17) is 9.72 Å². The van der Waals surface area contributed by atoms with E-state index in [9.17, 15) is 13.2 Å². The summed E-state index contributed by atoms with van der Waals surface area (Å²) in [6.45, 7) is 1.49. The molecule has 1 amide bonds. The normalized spacial score (nSPS) is 13.2. The smallest absolute Gasteiger partial charge is 0.264 e. The average Bonchev–Trinajstić information content (AvgIpc) is 3.53. The summed E-state index contributed by atoms with van der Waals surface area (Å²) in [6.07, 6.45) is 0.681. The molecule has 1 aromatic heterocycles. The van der Waals surface area contributed by atoms with E-state index in [1.165, 1.54) is 27.8 Å². The number of amides is 1. The minimum Gasteiger partial charge on any atom is -0.497 e. The van der Waals surface area contributed by atoms with E-state index in [1.54, 1.807) is 24.1 Å². The third-order valence-corrected chi connectivity index (χ3v) is 9.23. The molecule has 2 heterocycles. The summed E-state index contributed by atoms with van der Waals surface area (Å²) in [7, 11) is 1.77. The predicted molar refractivity (Wildman–Crippen MR) is 148 cm³/mol. The summed E-state index contributed by atoms with van der Waals surface area (Å²) < 4.78 is 34.4. The minimum absolute atomic E-state index is 0.160. The van der Waals surface area contributed by atoms with Crippen molar-refractivity contribution in [2.45, 2.75) is 11.3 Å². The van der Waals surface area contributed by atoms with Crippen LogP contribution in [0, 0.1) is 0 Å². The molecule has 0 atom stereocenters. The first kappa shape index (κ1) is 25.2. The number of fused-ring (bicyclic) bond motifs is 2. The Morgan fingerprint density at radius 2 is 1.81 bits per heavy atom.